The third kappa shape index (κ3) is 3.57. The maximum absolute atomic E-state index is 12.2. The smallest absolute Gasteiger partial charge is 0.155 e. The summed E-state index contributed by atoms with van der Waals surface area (Å²) >= 11 is 6.29. The Morgan fingerprint density at radius 3 is 2.53 bits per heavy atom. The molecule has 0 aromatic carbocycles. The van der Waals surface area contributed by atoms with Gasteiger partial charge in [-0.3, -0.25) is 9.48 Å². The largest absolute Gasteiger partial charge is 0.321 e. The molecule has 0 aliphatic rings. The van der Waals surface area contributed by atoms with E-state index < -0.39 is 6.04 Å². The predicted octanol–water partition coefficient (Wildman–Crippen LogP) is 2.60. The fourth-order valence-corrected chi connectivity index (χ4v) is 2.38. The van der Waals surface area contributed by atoms with E-state index in [2.05, 4.69) is 5.10 Å². The Hall–Kier alpha value is -0.870. The molecule has 0 aliphatic carbocycles. The van der Waals surface area contributed by atoms with Crippen LogP contribution in [0.5, 0.6) is 0 Å². The normalized spacial score (nSPS) is 14.4. The third-order valence-electron chi connectivity index (χ3n) is 3.66. The minimum absolute atomic E-state index is 0.0357. The van der Waals surface area contributed by atoms with E-state index in [4.69, 9.17) is 17.3 Å². The van der Waals surface area contributed by atoms with Crippen LogP contribution in [0.4, 0.5) is 0 Å². The molecule has 0 fully saturated rings. The number of carbonyl (C=O) groups excluding carboxylic acids is 1. The molecular formula is C14H24ClN3O. The monoisotopic (exact) mass is 285 g/mol. The first kappa shape index (κ1) is 16.2. The summed E-state index contributed by atoms with van der Waals surface area (Å²) in [5, 5.41) is 5.04. The second-order valence-corrected chi connectivity index (χ2v) is 5.31. The van der Waals surface area contributed by atoms with Crippen LogP contribution in [0.2, 0.25) is 5.02 Å². The summed E-state index contributed by atoms with van der Waals surface area (Å²) in [5.41, 5.74) is 7.62. The van der Waals surface area contributed by atoms with Crippen LogP contribution in [-0.4, -0.2) is 21.6 Å². The van der Waals surface area contributed by atoms with Crippen LogP contribution in [0.3, 0.4) is 0 Å². The van der Waals surface area contributed by atoms with Gasteiger partial charge in [-0.05, 0) is 19.3 Å². The van der Waals surface area contributed by atoms with Crippen LogP contribution in [0.25, 0.3) is 0 Å². The Morgan fingerprint density at radius 1 is 1.42 bits per heavy atom. The molecule has 1 heterocycles. The first-order valence-corrected chi connectivity index (χ1v) is 7.36. The lowest BCUT2D eigenvalue weighted by Gasteiger charge is -2.17. The van der Waals surface area contributed by atoms with Crippen molar-refractivity contribution < 1.29 is 4.79 Å². The number of Topliss-reactive ketones (excluding diaryl/α,β-unsaturated/α-hetero) is 1. The summed E-state index contributed by atoms with van der Waals surface area (Å²) in [4.78, 5) is 12.2. The van der Waals surface area contributed by atoms with E-state index in [1.807, 2.05) is 32.4 Å². The highest BCUT2D eigenvalue weighted by Crippen LogP contribution is 2.23. The minimum Gasteiger partial charge on any atom is -0.321 e. The Kier molecular flexibility index (Phi) is 6.01. The first-order chi connectivity index (χ1) is 8.96. The molecule has 1 rings (SSSR count). The van der Waals surface area contributed by atoms with Crippen molar-refractivity contribution >= 4 is 17.4 Å². The van der Waals surface area contributed by atoms with Gasteiger partial charge in [-0.1, -0.05) is 38.8 Å². The average Bonchev–Trinajstić information content (AvgIpc) is 2.73. The molecule has 108 valence electrons. The summed E-state index contributed by atoms with van der Waals surface area (Å²) < 4.78 is 1.81. The molecule has 0 amide bonds. The number of halogens is 1. The van der Waals surface area contributed by atoms with E-state index in [1.54, 1.807) is 0 Å². The number of nitrogens with two attached hydrogens (primary N) is 1. The molecule has 4 nitrogen and oxygen atoms in total. The molecule has 0 spiro atoms. The molecule has 0 saturated heterocycles. The van der Waals surface area contributed by atoms with Gasteiger partial charge in [-0.15, -0.1) is 0 Å². The van der Waals surface area contributed by atoms with Gasteiger partial charge in [0, 0.05) is 6.54 Å². The Bertz CT molecular complexity index is 442. The SMILES string of the molecule is CCc1nn(CC)c(CC(=O)C(N)C(C)CC)c1Cl. The molecule has 0 bridgehead atoms. The van der Waals surface area contributed by atoms with Crippen LogP contribution in [0.15, 0.2) is 0 Å². The lowest BCUT2D eigenvalue weighted by Crippen LogP contribution is -2.38. The molecule has 2 N–H and O–H groups in total. The van der Waals surface area contributed by atoms with E-state index in [1.165, 1.54) is 0 Å². The van der Waals surface area contributed by atoms with Gasteiger partial charge < -0.3 is 5.73 Å². The molecule has 5 heteroatoms. The molecular weight excluding hydrogens is 262 g/mol. The molecule has 0 aliphatic heterocycles. The molecule has 2 atom stereocenters. The predicted molar refractivity (Wildman–Crippen MR) is 78.4 cm³/mol. The quantitative estimate of drug-likeness (QED) is 0.838. The fourth-order valence-electron chi connectivity index (χ4n) is 2.04. The second-order valence-electron chi connectivity index (χ2n) is 4.93. The summed E-state index contributed by atoms with van der Waals surface area (Å²) in [5.74, 6) is 0.225. The Balaban J connectivity index is 2.93. The number of aryl methyl sites for hydroxylation is 2. The average molecular weight is 286 g/mol. The van der Waals surface area contributed by atoms with Crippen molar-refractivity contribution in [3.05, 3.63) is 16.4 Å². The maximum Gasteiger partial charge on any atom is 0.155 e. The van der Waals surface area contributed by atoms with Crippen LogP contribution in [-0.2, 0) is 24.2 Å². The van der Waals surface area contributed by atoms with E-state index in [-0.39, 0.29) is 18.1 Å². The van der Waals surface area contributed by atoms with E-state index in [0.717, 1.165) is 24.2 Å². The lowest BCUT2D eigenvalue weighted by atomic mass is 9.94. The topological polar surface area (TPSA) is 60.9 Å². The second kappa shape index (κ2) is 7.06. The Morgan fingerprint density at radius 2 is 2.05 bits per heavy atom. The van der Waals surface area contributed by atoms with E-state index in [0.29, 0.717) is 11.6 Å². The summed E-state index contributed by atoms with van der Waals surface area (Å²) in [6.07, 6.45) is 1.93. The molecule has 19 heavy (non-hydrogen) atoms. The molecule has 1 aromatic heterocycles. The molecule has 0 saturated carbocycles. The van der Waals surface area contributed by atoms with Crippen molar-refractivity contribution in [2.45, 2.75) is 59.5 Å². The van der Waals surface area contributed by atoms with Gasteiger partial charge >= 0.3 is 0 Å². The summed E-state index contributed by atoms with van der Waals surface area (Å²) in [6, 6.07) is -0.425. The van der Waals surface area contributed by atoms with Crippen molar-refractivity contribution in [2.24, 2.45) is 11.7 Å². The number of rotatable bonds is 7. The number of carbonyl (C=O) groups is 1. The van der Waals surface area contributed by atoms with Crippen LogP contribution < -0.4 is 5.73 Å². The van der Waals surface area contributed by atoms with Crippen molar-refractivity contribution in [1.82, 2.24) is 9.78 Å². The zero-order chi connectivity index (χ0) is 14.6. The van der Waals surface area contributed by atoms with E-state index in [9.17, 15) is 4.79 Å². The minimum atomic E-state index is -0.425. The van der Waals surface area contributed by atoms with Crippen molar-refractivity contribution in [3.8, 4) is 0 Å². The molecule has 1 aromatic rings. The Labute approximate surface area is 120 Å². The van der Waals surface area contributed by atoms with Crippen molar-refractivity contribution in [3.63, 3.8) is 0 Å². The number of nitrogens with zero attached hydrogens (tertiary/aromatic N) is 2. The zero-order valence-corrected chi connectivity index (χ0v) is 13.0. The van der Waals surface area contributed by atoms with Gasteiger partial charge in [0.2, 0.25) is 0 Å². The highest BCUT2D eigenvalue weighted by Gasteiger charge is 2.23. The first-order valence-electron chi connectivity index (χ1n) is 6.98. The number of hydrogen-bond acceptors (Lipinski definition) is 3. The standard InChI is InChI=1S/C14H24ClN3O/c1-5-9(4)14(16)12(19)8-11-13(15)10(6-2)17-18(11)7-3/h9,14H,5-8,16H2,1-4H3. The fraction of sp³-hybridized carbons (Fsp3) is 0.714. The highest BCUT2D eigenvalue weighted by atomic mass is 35.5. The summed E-state index contributed by atoms with van der Waals surface area (Å²) in [6.45, 7) is 8.74. The van der Waals surface area contributed by atoms with Gasteiger partial charge in [0.05, 0.1) is 28.9 Å². The van der Waals surface area contributed by atoms with Crippen LogP contribution in [0, 0.1) is 5.92 Å². The van der Waals surface area contributed by atoms with Gasteiger partial charge in [-0.2, -0.15) is 5.10 Å². The lowest BCUT2D eigenvalue weighted by molar-refractivity contribution is -0.120. The van der Waals surface area contributed by atoms with Crippen LogP contribution in [0.1, 0.15) is 45.5 Å². The number of hydrogen-bond donors (Lipinski definition) is 1. The van der Waals surface area contributed by atoms with Gasteiger partial charge in [0.25, 0.3) is 0 Å². The maximum atomic E-state index is 12.2. The van der Waals surface area contributed by atoms with Crippen molar-refractivity contribution in [1.29, 1.82) is 0 Å². The zero-order valence-electron chi connectivity index (χ0n) is 12.2. The number of aromatic nitrogens is 2. The van der Waals surface area contributed by atoms with Gasteiger partial charge in [0.1, 0.15) is 0 Å². The number of ketones is 1. The summed E-state index contributed by atoms with van der Waals surface area (Å²) in [7, 11) is 0. The highest BCUT2D eigenvalue weighted by molar-refractivity contribution is 6.32. The van der Waals surface area contributed by atoms with Gasteiger partial charge in [-0.25, -0.2) is 0 Å². The molecule has 2 unspecified atom stereocenters. The molecule has 0 radical (unpaired) electrons. The van der Waals surface area contributed by atoms with Gasteiger partial charge in [0.15, 0.2) is 5.78 Å². The van der Waals surface area contributed by atoms with E-state index >= 15 is 0 Å². The van der Waals surface area contributed by atoms with Crippen molar-refractivity contribution in [2.75, 3.05) is 0 Å². The van der Waals surface area contributed by atoms with Crippen LogP contribution >= 0.6 is 11.6 Å². The third-order valence-corrected chi connectivity index (χ3v) is 4.10.